The number of hydrogen-bond donors (Lipinski definition) is 4. The Hall–Kier alpha value is -2.26. The smallest absolute Gasteiger partial charge is 0.338 e. The van der Waals surface area contributed by atoms with Crippen LogP contribution < -0.4 is 0 Å². The van der Waals surface area contributed by atoms with E-state index in [1.807, 2.05) is 0 Å². The summed E-state index contributed by atoms with van der Waals surface area (Å²) in [6.07, 6.45) is -1.71. The molecule has 0 spiro atoms. The third kappa shape index (κ3) is 7.02. The number of ether oxygens (including phenoxy) is 2. The normalized spacial score (nSPS) is 14.2. The number of aliphatic hydroxyl groups is 4. The molecule has 2 unspecified atom stereocenters. The Bertz CT molecular complexity index is 586. The minimum Gasteiger partial charge on any atom is -0.459 e. The van der Waals surface area contributed by atoms with Crippen LogP contribution in [0.4, 0.5) is 0 Å². The largest absolute Gasteiger partial charge is 0.459 e. The average molecular weight is 354 g/mol. The fourth-order valence-corrected chi connectivity index (χ4v) is 1.82. The highest BCUT2D eigenvalue weighted by Gasteiger charge is 2.18. The number of esters is 2. The molecule has 4 N–H and O–H groups in total. The maximum Gasteiger partial charge on any atom is 0.338 e. The van der Waals surface area contributed by atoms with Gasteiger partial charge >= 0.3 is 11.9 Å². The van der Waals surface area contributed by atoms with Gasteiger partial charge in [-0.25, -0.2) is 9.59 Å². The quantitative estimate of drug-likeness (QED) is 0.331. The highest BCUT2D eigenvalue weighted by Crippen LogP contribution is 2.12. The van der Waals surface area contributed by atoms with Gasteiger partial charge in [-0.2, -0.15) is 0 Å². The summed E-state index contributed by atoms with van der Waals surface area (Å²) in [5.74, 6) is -1.50. The van der Waals surface area contributed by atoms with E-state index in [0.29, 0.717) is 0 Å². The fraction of sp³-hybridized carbons (Fsp3) is 0.412. The predicted octanol–water partition coefficient (Wildman–Crippen LogP) is -0.349. The molecule has 0 bridgehead atoms. The summed E-state index contributed by atoms with van der Waals surface area (Å²) in [7, 11) is 0. The number of rotatable bonds is 10. The van der Waals surface area contributed by atoms with Crippen molar-refractivity contribution in [3.63, 3.8) is 0 Å². The monoisotopic (exact) mass is 354 g/mol. The lowest BCUT2D eigenvalue weighted by Crippen LogP contribution is -2.24. The Morgan fingerprint density at radius 1 is 1.08 bits per heavy atom. The van der Waals surface area contributed by atoms with Crippen LogP contribution in [0.15, 0.2) is 36.9 Å². The first-order valence-corrected chi connectivity index (χ1v) is 7.59. The zero-order valence-electron chi connectivity index (χ0n) is 13.6. The molecule has 0 heterocycles. The Morgan fingerprint density at radius 2 is 1.68 bits per heavy atom. The van der Waals surface area contributed by atoms with E-state index in [1.165, 1.54) is 30.3 Å². The van der Waals surface area contributed by atoms with Crippen molar-refractivity contribution >= 4 is 11.9 Å². The third-order valence-electron chi connectivity index (χ3n) is 3.19. The first kappa shape index (κ1) is 20.8. The molecule has 138 valence electrons. The van der Waals surface area contributed by atoms with Gasteiger partial charge in [-0.05, 0) is 18.2 Å². The SMILES string of the molecule is C=C[C@H](CC(O)CO)OC(=O)c1cccc(C(=O)OCC(O)CO)c1. The van der Waals surface area contributed by atoms with E-state index in [0.717, 1.165) is 0 Å². The molecule has 0 aliphatic rings. The molecule has 0 aliphatic heterocycles. The van der Waals surface area contributed by atoms with Crippen LogP contribution in [0.25, 0.3) is 0 Å². The van der Waals surface area contributed by atoms with E-state index >= 15 is 0 Å². The summed E-state index contributed by atoms with van der Waals surface area (Å²) in [5, 5.41) is 36.1. The van der Waals surface area contributed by atoms with Gasteiger partial charge in [0.25, 0.3) is 0 Å². The minimum atomic E-state index is -1.18. The molecule has 1 aromatic rings. The molecule has 0 aliphatic carbocycles. The van der Waals surface area contributed by atoms with Gasteiger partial charge in [-0.3, -0.25) is 0 Å². The standard InChI is InChI=1S/C17H22O8/c1-2-15(7-13(20)8-18)25-17(23)12-5-3-4-11(6-12)16(22)24-10-14(21)9-19/h2-6,13-15,18-21H,1,7-10H2/t13?,14?,15-/m1/s1. The zero-order chi connectivity index (χ0) is 18.8. The molecule has 3 atom stereocenters. The van der Waals surface area contributed by atoms with Crippen LogP contribution in [0.3, 0.4) is 0 Å². The maximum absolute atomic E-state index is 12.1. The summed E-state index contributed by atoms with van der Waals surface area (Å²) < 4.78 is 9.96. The number of aliphatic hydroxyl groups excluding tert-OH is 4. The Balaban J connectivity index is 2.73. The number of hydrogen-bond acceptors (Lipinski definition) is 8. The van der Waals surface area contributed by atoms with Gasteiger partial charge in [0.1, 0.15) is 18.8 Å². The third-order valence-corrected chi connectivity index (χ3v) is 3.19. The second-order valence-corrected chi connectivity index (χ2v) is 5.27. The molecule has 0 fully saturated rings. The van der Waals surface area contributed by atoms with Crippen molar-refractivity contribution in [2.75, 3.05) is 19.8 Å². The van der Waals surface area contributed by atoms with Gasteiger partial charge in [0.05, 0.1) is 30.4 Å². The second kappa shape index (κ2) is 10.6. The van der Waals surface area contributed by atoms with Gasteiger partial charge in [-0.15, -0.1) is 0 Å². The molecule has 1 rings (SSSR count). The van der Waals surface area contributed by atoms with Crippen molar-refractivity contribution in [2.45, 2.75) is 24.7 Å². The lowest BCUT2D eigenvalue weighted by atomic mass is 10.1. The van der Waals surface area contributed by atoms with Crippen molar-refractivity contribution < 1.29 is 39.5 Å². The summed E-state index contributed by atoms with van der Waals surface area (Å²) in [5.41, 5.74) is 0.160. The molecule has 25 heavy (non-hydrogen) atoms. The second-order valence-electron chi connectivity index (χ2n) is 5.27. The number of benzene rings is 1. The van der Waals surface area contributed by atoms with Crippen LogP contribution >= 0.6 is 0 Å². The molecule has 8 nitrogen and oxygen atoms in total. The molecule has 0 saturated carbocycles. The number of carbonyl (C=O) groups is 2. The van der Waals surface area contributed by atoms with Gasteiger partial charge in [0.15, 0.2) is 0 Å². The molecular weight excluding hydrogens is 332 g/mol. The molecule has 0 amide bonds. The van der Waals surface area contributed by atoms with Crippen molar-refractivity contribution in [2.24, 2.45) is 0 Å². The molecule has 8 heteroatoms. The van der Waals surface area contributed by atoms with Gasteiger partial charge in [0, 0.05) is 6.42 Å². The topological polar surface area (TPSA) is 134 Å². The van der Waals surface area contributed by atoms with Crippen LogP contribution in [-0.4, -0.2) is 70.5 Å². The summed E-state index contributed by atoms with van der Waals surface area (Å²) in [6, 6.07) is 5.58. The van der Waals surface area contributed by atoms with Crippen LogP contribution in [0.1, 0.15) is 27.1 Å². The highest BCUT2D eigenvalue weighted by molar-refractivity contribution is 5.95. The van der Waals surface area contributed by atoms with Crippen LogP contribution in [0, 0.1) is 0 Å². The molecule has 0 radical (unpaired) electrons. The van der Waals surface area contributed by atoms with E-state index < -0.39 is 43.5 Å². The lowest BCUT2D eigenvalue weighted by molar-refractivity contribution is 0.00932. The van der Waals surface area contributed by atoms with Crippen LogP contribution in [0.5, 0.6) is 0 Å². The zero-order valence-corrected chi connectivity index (χ0v) is 13.6. The van der Waals surface area contributed by atoms with E-state index in [-0.39, 0.29) is 24.2 Å². The summed E-state index contributed by atoms with van der Waals surface area (Å²) in [4.78, 5) is 24.0. The van der Waals surface area contributed by atoms with Gasteiger partial charge < -0.3 is 29.9 Å². The molecule has 1 aromatic carbocycles. The predicted molar refractivity (Wildman–Crippen MR) is 86.9 cm³/mol. The Labute approximate surface area is 144 Å². The molecular formula is C17H22O8. The van der Waals surface area contributed by atoms with E-state index in [1.54, 1.807) is 0 Å². The molecule has 0 aromatic heterocycles. The van der Waals surface area contributed by atoms with Gasteiger partial charge in [-0.1, -0.05) is 18.7 Å². The molecule has 0 saturated heterocycles. The Kier molecular flexibility index (Phi) is 8.79. The first-order valence-electron chi connectivity index (χ1n) is 7.59. The van der Waals surface area contributed by atoms with E-state index in [4.69, 9.17) is 24.8 Å². The van der Waals surface area contributed by atoms with E-state index in [2.05, 4.69) is 6.58 Å². The lowest BCUT2D eigenvalue weighted by Gasteiger charge is -2.16. The first-order chi connectivity index (χ1) is 11.9. The van der Waals surface area contributed by atoms with Crippen molar-refractivity contribution in [3.8, 4) is 0 Å². The van der Waals surface area contributed by atoms with Crippen LogP contribution in [0.2, 0.25) is 0 Å². The average Bonchev–Trinajstić information content (AvgIpc) is 2.64. The minimum absolute atomic E-state index is 0.00742. The Morgan fingerprint density at radius 3 is 2.24 bits per heavy atom. The van der Waals surface area contributed by atoms with Crippen LogP contribution in [-0.2, 0) is 9.47 Å². The summed E-state index contributed by atoms with van der Waals surface area (Å²) in [6.45, 7) is 2.12. The number of carbonyl (C=O) groups excluding carboxylic acids is 2. The van der Waals surface area contributed by atoms with Gasteiger partial charge in [0.2, 0.25) is 0 Å². The van der Waals surface area contributed by atoms with E-state index in [9.17, 15) is 14.7 Å². The maximum atomic E-state index is 12.1. The fourth-order valence-electron chi connectivity index (χ4n) is 1.82. The van der Waals surface area contributed by atoms with Crippen molar-refractivity contribution in [3.05, 3.63) is 48.0 Å². The van der Waals surface area contributed by atoms with Crippen molar-refractivity contribution in [1.82, 2.24) is 0 Å². The summed E-state index contributed by atoms with van der Waals surface area (Å²) >= 11 is 0. The van der Waals surface area contributed by atoms with Crippen molar-refractivity contribution in [1.29, 1.82) is 0 Å². The highest BCUT2D eigenvalue weighted by atomic mass is 16.5.